The van der Waals surface area contributed by atoms with Gasteiger partial charge < -0.3 is 4.90 Å². The van der Waals surface area contributed by atoms with Crippen LogP contribution in [0.25, 0.3) is 0 Å². The lowest BCUT2D eigenvalue weighted by molar-refractivity contribution is 0.0770. The Morgan fingerprint density at radius 2 is 2.11 bits per heavy atom. The van der Waals surface area contributed by atoms with Crippen molar-refractivity contribution in [1.82, 2.24) is 24.6 Å². The minimum Gasteiger partial charge on any atom is -0.333 e. The number of carbonyl (C=O) groups is 1. The number of nitrogens with zero attached hydrogens (tertiary/aromatic N) is 4. The molecule has 100 valence electrons. The summed E-state index contributed by atoms with van der Waals surface area (Å²) in [6.07, 6.45) is 3.24. The lowest BCUT2D eigenvalue weighted by atomic mass is 10.3. The van der Waals surface area contributed by atoms with Gasteiger partial charge in [-0.25, -0.2) is 9.97 Å². The monoisotopic (exact) mass is 325 g/mol. The predicted molar refractivity (Wildman–Crippen MR) is 71.6 cm³/mol. The topological polar surface area (TPSA) is 83.9 Å². The van der Waals surface area contributed by atoms with Gasteiger partial charge in [0.1, 0.15) is 11.5 Å². The molecule has 0 saturated carbocycles. The predicted octanol–water partition coefficient (Wildman–Crippen LogP) is 0.538. The van der Waals surface area contributed by atoms with E-state index in [1.54, 1.807) is 26.5 Å². The maximum absolute atomic E-state index is 12.1. The first-order valence-corrected chi connectivity index (χ1v) is 6.24. The van der Waals surface area contributed by atoms with Crippen molar-refractivity contribution in [3.05, 3.63) is 44.8 Å². The molecule has 2 heterocycles. The molecule has 1 amide bonds. The van der Waals surface area contributed by atoms with Crippen molar-refractivity contribution in [3.63, 3.8) is 0 Å². The van der Waals surface area contributed by atoms with Crippen molar-refractivity contribution >= 4 is 21.8 Å². The number of halogens is 1. The molecule has 7 nitrogen and oxygen atoms in total. The molecule has 0 fully saturated rings. The molecule has 0 radical (unpaired) electrons. The summed E-state index contributed by atoms with van der Waals surface area (Å²) in [6.45, 7) is 0.269. The molecule has 8 heteroatoms. The van der Waals surface area contributed by atoms with E-state index in [0.29, 0.717) is 11.5 Å². The average molecular weight is 326 g/mol. The fraction of sp³-hybridized carbons (Fsp3) is 0.273. The fourth-order valence-electron chi connectivity index (χ4n) is 1.58. The number of carbonyl (C=O) groups excluding carboxylic acids is 1. The van der Waals surface area contributed by atoms with Crippen LogP contribution in [0, 0.1) is 0 Å². The first-order chi connectivity index (χ1) is 8.97. The minimum atomic E-state index is -0.306. The maximum Gasteiger partial charge on any atom is 0.272 e. The molecule has 0 saturated heterocycles. The summed E-state index contributed by atoms with van der Waals surface area (Å²) in [5.41, 5.74) is -0.0104. The Balaban J connectivity index is 2.13. The molecule has 19 heavy (non-hydrogen) atoms. The third kappa shape index (κ3) is 3.08. The summed E-state index contributed by atoms with van der Waals surface area (Å²) in [5.74, 6) is 0.256. The van der Waals surface area contributed by atoms with Crippen molar-refractivity contribution in [2.75, 3.05) is 7.05 Å². The van der Waals surface area contributed by atoms with E-state index in [0.717, 1.165) is 4.47 Å². The van der Waals surface area contributed by atoms with Crippen LogP contribution in [0.1, 0.15) is 16.3 Å². The third-order valence-corrected chi connectivity index (χ3v) is 2.93. The van der Waals surface area contributed by atoms with Crippen LogP contribution in [0.4, 0.5) is 0 Å². The Hall–Kier alpha value is -1.96. The number of aryl methyl sites for hydroxylation is 1. The molecule has 0 spiro atoms. The van der Waals surface area contributed by atoms with Gasteiger partial charge >= 0.3 is 0 Å². The standard InChI is InChI=1S/C11H12BrN5O2/c1-16(6-9-13-4-7(12)5-14-9)11(19)8-3-10(18)15-17(8)2/h3-5H,6H2,1-2H3,(H,15,18). The van der Waals surface area contributed by atoms with E-state index in [-0.39, 0.29) is 18.0 Å². The maximum atomic E-state index is 12.1. The normalized spacial score (nSPS) is 10.5. The number of amides is 1. The van der Waals surface area contributed by atoms with Crippen molar-refractivity contribution in [1.29, 1.82) is 0 Å². The highest BCUT2D eigenvalue weighted by atomic mass is 79.9. The van der Waals surface area contributed by atoms with Gasteiger partial charge in [-0.3, -0.25) is 19.4 Å². The Labute approximate surface area is 117 Å². The van der Waals surface area contributed by atoms with Crippen LogP contribution in [-0.2, 0) is 13.6 Å². The second-order valence-electron chi connectivity index (χ2n) is 4.04. The highest BCUT2D eigenvalue weighted by Gasteiger charge is 2.17. The van der Waals surface area contributed by atoms with Gasteiger partial charge in [0.05, 0.1) is 11.0 Å². The van der Waals surface area contributed by atoms with Gasteiger partial charge in [0.15, 0.2) is 0 Å². The number of hydrogen-bond donors (Lipinski definition) is 1. The first kappa shape index (κ1) is 13.5. The Morgan fingerprint density at radius 3 is 2.63 bits per heavy atom. The number of H-pyrrole nitrogens is 1. The van der Waals surface area contributed by atoms with Crippen molar-refractivity contribution in [2.45, 2.75) is 6.54 Å². The lowest BCUT2D eigenvalue weighted by Gasteiger charge is -2.16. The van der Waals surface area contributed by atoms with Gasteiger partial charge in [-0.05, 0) is 15.9 Å². The molecule has 0 bridgehead atoms. The van der Waals surface area contributed by atoms with Crippen LogP contribution >= 0.6 is 15.9 Å². The second-order valence-corrected chi connectivity index (χ2v) is 4.96. The molecule has 2 rings (SSSR count). The van der Waals surface area contributed by atoms with Gasteiger partial charge in [-0.15, -0.1) is 0 Å². The third-order valence-electron chi connectivity index (χ3n) is 2.53. The van der Waals surface area contributed by atoms with E-state index >= 15 is 0 Å². The zero-order chi connectivity index (χ0) is 14.0. The smallest absolute Gasteiger partial charge is 0.272 e. The summed E-state index contributed by atoms with van der Waals surface area (Å²) in [6, 6.07) is 1.27. The Bertz CT molecular complexity index is 646. The summed E-state index contributed by atoms with van der Waals surface area (Å²) in [5, 5.41) is 2.49. The molecular formula is C11H12BrN5O2. The molecule has 2 aromatic heterocycles. The number of hydrogen-bond acceptors (Lipinski definition) is 4. The fourth-order valence-corrected chi connectivity index (χ4v) is 1.79. The van der Waals surface area contributed by atoms with E-state index in [1.807, 2.05) is 0 Å². The van der Waals surface area contributed by atoms with E-state index in [1.165, 1.54) is 15.6 Å². The molecule has 0 atom stereocenters. The highest BCUT2D eigenvalue weighted by molar-refractivity contribution is 9.10. The molecule has 0 aliphatic heterocycles. The quantitative estimate of drug-likeness (QED) is 0.892. The zero-order valence-electron chi connectivity index (χ0n) is 10.4. The summed E-state index contributed by atoms with van der Waals surface area (Å²) in [4.78, 5) is 32.9. The van der Waals surface area contributed by atoms with Gasteiger partial charge in [0, 0.05) is 32.6 Å². The highest BCUT2D eigenvalue weighted by Crippen LogP contribution is 2.07. The SMILES string of the molecule is CN(Cc1ncc(Br)cn1)C(=O)c1cc(=O)[nH]n1C. The summed E-state index contributed by atoms with van der Waals surface area (Å²) >= 11 is 3.24. The average Bonchev–Trinajstić information content (AvgIpc) is 2.70. The van der Waals surface area contributed by atoms with Gasteiger partial charge in [-0.1, -0.05) is 0 Å². The number of nitrogens with one attached hydrogen (secondary N) is 1. The molecular weight excluding hydrogens is 314 g/mol. The Morgan fingerprint density at radius 1 is 1.47 bits per heavy atom. The molecule has 1 N–H and O–H groups in total. The second kappa shape index (κ2) is 5.35. The van der Waals surface area contributed by atoms with Crippen LogP contribution in [0.15, 0.2) is 27.7 Å². The van der Waals surface area contributed by atoms with Gasteiger partial charge in [-0.2, -0.15) is 0 Å². The largest absolute Gasteiger partial charge is 0.333 e. The van der Waals surface area contributed by atoms with Gasteiger partial charge in [0.25, 0.3) is 11.5 Å². The number of rotatable bonds is 3. The van der Waals surface area contributed by atoms with E-state index < -0.39 is 0 Å². The van der Waals surface area contributed by atoms with E-state index in [2.05, 4.69) is 31.0 Å². The molecule has 0 unspecified atom stereocenters. The lowest BCUT2D eigenvalue weighted by Crippen LogP contribution is -2.28. The molecule has 2 aromatic rings. The summed E-state index contributed by atoms with van der Waals surface area (Å²) in [7, 11) is 3.24. The zero-order valence-corrected chi connectivity index (χ0v) is 12.0. The van der Waals surface area contributed by atoms with E-state index in [4.69, 9.17) is 0 Å². The van der Waals surface area contributed by atoms with Crippen LogP contribution in [0.3, 0.4) is 0 Å². The van der Waals surface area contributed by atoms with Crippen LogP contribution in [-0.4, -0.2) is 37.6 Å². The van der Waals surface area contributed by atoms with Crippen molar-refractivity contribution < 1.29 is 4.79 Å². The van der Waals surface area contributed by atoms with Crippen molar-refractivity contribution in [3.8, 4) is 0 Å². The molecule has 0 aliphatic rings. The van der Waals surface area contributed by atoms with E-state index in [9.17, 15) is 9.59 Å². The molecule has 0 aliphatic carbocycles. The van der Waals surface area contributed by atoms with Crippen molar-refractivity contribution in [2.24, 2.45) is 7.05 Å². The number of aromatic nitrogens is 4. The molecule has 0 aromatic carbocycles. The van der Waals surface area contributed by atoms with Crippen LogP contribution in [0.5, 0.6) is 0 Å². The first-order valence-electron chi connectivity index (χ1n) is 5.45. The van der Waals surface area contributed by atoms with Crippen LogP contribution in [0.2, 0.25) is 0 Å². The van der Waals surface area contributed by atoms with Gasteiger partial charge in [0.2, 0.25) is 0 Å². The van der Waals surface area contributed by atoms with Crippen LogP contribution < -0.4 is 5.56 Å². The number of aromatic amines is 1. The summed E-state index contributed by atoms with van der Waals surface area (Å²) < 4.78 is 2.17. The minimum absolute atomic E-state index is 0.269. The Kier molecular flexibility index (Phi) is 3.79.